The molecule has 0 spiro atoms. The summed E-state index contributed by atoms with van der Waals surface area (Å²) < 4.78 is 8.24. The van der Waals surface area contributed by atoms with Crippen molar-refractivity contribution in [2.24, 2.45) is 10.9 Å². The molecule has 21 heavy (non-hydrogen) atoms. The van der Waals surface area contributed by atoms with Crippen LogP contribution in [0.15, 0.2) is 35.6 Å². The Morgan fingerprint density at radius 1 is 1.48 bits per heavy atom. The van der Waals surface area contributed by atoms with Crippen molar-refractivity contribution < 1.29 is 9.94 Å². The molecule has 1 atom stereocenters. The molecule has 0 saturated carbocycles. The van der Waals surface area contributed by atoms with Gasteiger partial charge in [-0.15, -0.1) is 0 Å². The van der Waals surface area contributed by atoms with E-state index in [0.29, 0.717) is 0 Å². The molecule has 3 rings (SSSR count). The fraction of sp³-hybridized carbons (Fsp3) is 0.438. The molecule has 1 aromatic heterocycles. The SMILES string of the molecule is CC1(C)CCC(Cn2ccc3c(/C(N)=N/O)cccc32)O1. The molecular weight excluding hydrogens is 266 g/mol. The summed E-state index contributed by atoms with van der Waals surface area (Å²) in [5.74, 6) is 0.136. The van der Waals surface area contributed by atoms with Crippen LogP contribution in [0.1, 0.15) is 32.3 Å². The van der Waals surface area contributed by atoms with Gasteiger partial charge >= 0.3 is 0 Å². The number of rotatable bonds is 3. The van der Waals surface area contributed by atoms with Crippen LogP contribution in [0.2, 0.25) is 0 Å². The second kappa shape index (κ2) is 5.07. The summed E-state index contributed by atoms with van der Waals surface area (Å²) >= 11 is 0. The van der Waals surface area contributed by atoms with Gasteiger partial charge in [-0.3, -0.25) is 0 Å². The number of oxime groups is 1. The third-order valence-electron chi connectivity index (χ3n) is 4.15. The van der Waals surface area contributed by atoms with Crippen LogP contribution in [-0.4, -0.2) is 27.3 Å². The quantitative estimate of drug-likeness (QED) is 0.394. The van der Waals surface area contributed by atoms with E-state index in [1.54, 1.807) is 0 Å². The van der Waals surface area contributed by atoms with Crippen LogP contribution in [-0.2, 0) is 11.3 Å². The van der Waals surface area contributed by atoms with Crippen molar-refractivity contribution in [3.8, 4) is 0 Å². The summed E-state index contributed by atoms with van der Waals surface area (Å²) in [6.07, 6.45) is 4.44. The average molecular weight is 287 g/mol. The fourth-order valence-corrected chi connectivity index (χ4v) is 3.09. The van der Waals surface area contributed by atoms with E-state index in [-0.39, 0.29) is 17.5 Å². The summed E-state index contributed by atoms with van der Waals surface area (Å²) in [6.45, 7) is 5.10. The molecule has 3 N–H and O–H groups in total. The van der Waals surface area contributed by atoms with Crippen LogP contribution in [0.4, 0.5) is 0 Å². The molecule has 0 aliphatic carbocycles. The summed E-state index contributed by atoms with van der Waals surface area (Å²) in [5.41, 5.74) is 7.54. The van der Waals surface area contributed by atoms with Crippen LogP contribution in [0.3, 0.4) is 0 Å². The molecule has 0 amide bonds. The fourth-order valence-electron chi connectivity index (χ4n) is 3.09. The standard InChI is InChI=1S/C16H21N3O2/c1-16(2)8-6-11(21-16)10-19-9-7-12-13(15(17)18-20)4-3-5-14(12)19/h3-5,7,9,11,20H,6,8,10H2,1-2H3,(H2,17,18). The van der Waals surface area contributed by atoms with Crippen LogP contribution >= 0.6 is 0 Å². The highest BCUT2D eigenvalue weighted by Crippen LogP contribution is 2.31. The maximum Gasteiger partial charge on any atom is 0.170 e. The summed E-state index contributed by atoms with van der Waals surface area (Å²) in [7, 11) is 0. The molecule has 1 fully saturated rings. The smallest absolute Gasteiger partial charge is 0.170 e. The monoisotopic (exact) mass is 287 g/mol. The molecule has 1 aliphatic heterocycles. The highest BCUT2D eigenvalue weighted by Gasteiger charge is 2.31. The lowest BCUT2D eigenvalue weighted by molar-refractivity contribution is -0.0212. The minimum Gasteiger partial charge on any atom is -0.409 e. The Hall–Kier alpha value is -2.01. The normalized spacial score (nSPS) is 22.0. The van der Waals surface area contributed by atoms with Gasteiger partial charge in [0.25, 0.3) is 0 Å². The van der Waals surface area contributed by atoms with Crippen molar-refractivity contribution >= 4 is 16.7 Å². The maximum atomic E-state index is 8.88. The van der Waals surface area contributed by atoms with Crippen molar-refractivity contribution in [2.45, 2.75) is 44.9 Å². The van der Waals surface area contributed by atoms with Gasteiger partial charge in [0.05, 0.1) is 11.7 Å². The molecule has 112 valence electrons. The zero-order valence-electron chi connectivity index (χ0n) is 12.4. The second-order valence-corrected chi connectivity index (χ2v) is 6.23. The molecule has 1 aromatic carbocycles. The van der Waals surface area contributed by atoms with Gasteiger partial charge in [0.1, 0.15) is 0 Å². The van der Waals surface area contributed by atoms with Gasteiger partial charge in [-0.25, -0.2) is 0 Å². The summed E-state index contributed by atoms with van der Waals surface area (Å²) in [5, 5.41) is 13.0. The number of hydrogen-bond acceptors (Lipinski definition) is 3. The zero-order valence-corrected chi connectivity index (χ0v) is 12.4. The topological polar surface area (TPSA) is 72.8 Å². The molecule has 0 radical (unpaired) electrons. The van der Waals surface area contributed by atoms with Crippen LogP contribution in [0.5, 0.6) is 0 Å². The molecular formula is C16H21N3O2. The predicted molar refractivity (Wildman–Crippen MR) is 82.6 cm³/mol. The van der Waals surface area contributed by atoms with E-state index >= 15 is 0 Å². The Kier molecular flexibility index (Phi) is 3.37. The Labute approximate surface area is 124 Å². The second-order valence-electron chi connectivity index (χ2n) is 6.23. The molecule has 1 unspecified atom stereocenters. The predicted octanol–water partition coefficient (Wildman–Crippen LogP) is 2.69. The van der Waals surface area contributed by atoms with Crippen molar-refractivity contribution in [1.29, 1.82) is 0 Å². The molecule has 5 nitrogen and oxygen atoms in total. The van der Waals surface area contributed by atoms with Crippen molar-refractivity contribution in [3.05, 3.63) is 36.0 Å². The van der Waals surface area contributed by atoms with Crippen molar-refractivity contribution in [2.75, 3.05) is 0 Å². The van der Waals surface area contributed by atoms with Gasteiger partial charge in [0.15, 0.2) is 5.84 Å². The number of nitrogens with zero attached hydrogens (tertiary/aromatic N) is 2. The minimum atomic E-state index is -0.0211. The van der Waals surface area contributed by atoms with Gasteiger partial charge in [-0.05, 0) is 38.8 Å². The van der Waals surface area contributed by atoms with E-state index in [1.807, 2.05) is 30.5 Å². The van der Waals surface area contributed by atoms with E-state index in [1.165, 1.54) is 0 Å². The number of hydrogen-bond donors (Lipinski definition) is 2. The summed E-state index contributed by atoms with van der Waals surface area (Å²) in [6, 6.07) is 7.83. The zero-order chi connectivity index (χ0) is 15.0. The highest BCUT2D eigenvalue weighted by molar-refractivity contribution is 6.08. The lowest BCUT2D eigenvalue weighted by atomic mass is 10.1. The molecule has 0 bridgehead atoms. The number of aromatic nitrogens is 1. The van der Waals surface area contributed by atoms with Gasteiger partial charge in [0, 0.05) is 29.2 Å². The molecule has 2 aromatic rings. The number of amidine groups is 1. The first-order valence-corrected chi connectivity index (χ1v) is 7.24. The van der Waals surface area contributed by atoms with E-state index in [9.17, 15) is 0 Å². The van der Waals surface area contributed by atoms with E-state index < -0.39 is 0 Å². The van der Waals surface area contributed by atoms with E-state index in [0.717, 1.165) is 35.9 Å². The van der Waals surface area contributed by atoms with Gasteiger partial charge in [0.2, 0.25) is 0 Å². The van der Waals surface area contributed by atoms with Crippen LogP contribution < -0.4 is 5.73 Å². The van der Waals surface area contributed by atoms with Crippen molar-refractivity contribution in [3.63, 3.8) is 0 Å². The first-order chi connectivity index (χ1) is 10.00. The Bertz CT molecular complexity index is 688. The minimum absolute atomic E-state index is 0.0211. The number of benzene rings is 1. The lowest BCUT2D eigenvalue weighted by Gasteiger charge is -2.20. The van der Waals surface area contributed by atoms with Gasteiger partial charge in [-0.1, -0.05) is 17.3 Å². The van der Waals surface area contributed by atoms with Crippen LogP contribution in [0.25, 0.3) is 10.9 Å². The highest BCUT2D eigenvalue weighted by atomic mass is 16.5. The average Bonchev–Trinajstić information content (AvgIpc) is 3.02. The third-order valence-corrected chi connectivity index (χ3v) is 4.15. The van der Waals surface area contributed by atoms with Crippen molar-refractivity contribution in [1.82, 2.24) is 4.57 Å². The number of fused-ring (bicyclic) bond motifs is 1. The Morgan fingerprint density at radius 2 is 2.29 bits per heavy atom. The lowest BCUT2D eigenvalue weighted by Crippen LogP contribution is -2.22. The molecule has 2 heterocycles. The maximum absolute atomic E-state index is 8.88. The first kappa shape index (κ1) is 13.9. The van der Waals surface area contributed by atoms with Gasteiger partial charge < -0.3 is 20.2 Å². The van der Waals surface area contributed by atoms with E-state index in [4.69, 9.17) is 15.7 Å². The largest absolute Gasteiger partial charge is 0.409 e. The first-order valence-electron chi connectivity index (χ1n) is 7.24. The number of nitrogens with two attached hydrogens (primary N) is 1. The van der Waals surface area contributed by atoms with E-state index in [2.05, 4.69) is 23.6 Å². The number of ether oxygens (including phenoxy) is 1. The third kappa shape index (κ3) is 2.61. The Morgan fingerprint density at radius 3 is 2.95 bits per heavy atom. The summed E-state index contributed by atoms with van der Waals surface area (Å²) in [4.78, 5) is 0. The van der Waals surface area contributed by atoms with Crippen LogP contribution in [0, 0.1) is 0 Å². The molecule has 1 saturated heterocycles. The van der Waals surface area contributed by atoms with Gasteiger partial charge in [-0.2, -0.15) is 0 Å². The molecule has 1 aliphatic rings. The Balaban J connectivity index is 1.91. The molecule has 5 heteroatoms.